The number of hydrogen-bond donors (Lipinski definition) is 0. The number of thiazole rings is 1. The Labute approximate surface area is 140 Å². The van der Waals surface area contributed by atoms with Crippen LogP contribution in [0.15, 0.2) is 41.4 Å². The topological polar surface area (TPSA) is 52.8 Å². The molecule has 0 saturated heterocycles. The first-order chi connectivity index (χ1) is 11.7. The van der Waals surface area contributed by atoms with E-state index < -0.39 is 11.7 Å². The highest BCUT2D eigenvalue weighted by Gasteiger charge is 2.17. The number of carbonyl (C=O) groups excluding carboxylic acids is 1. The van der Waals surface area contributed by atoms with Crippen molar-refractivity contribution in [2.75, 3.05) is 6.79 Å². The largest absolute Gasteiger partial charge is 0.454 e. The predicted octanol–water partition coefficient (Wildman–Crippen LogP) is 3.33. The number of aromatic nitrogens is 1. The van der Waals surface area contributed by atoms with Crippen molar-refractivity contribution in [3.8, 4) is 11.5 Å². The Kier molecular flexibility index (Phi) is 3.57. The summed E-state index contributed by atoms with van der Waals surface area (Å²) in [5.74, 6) is 0.449. The van der Waals surface area contributed by atoms with Crippen molar-refractivity contribution < 1.29 is 18.7 Å². The maximum absolute atomic E-state index is 13.3. The molecule has 5 nitrogen and oxygen atoms in total. The zero-order chi connectivity index (χ0) is 16.7. The fourth-order valence-electron chi connectivity index (χ4n) is 2.62. The van der Waals surface area contributed by atoms with Crippen molar-refractivity contribution in [1.29, 1.82) is 0 Å². The number of fused-ring (bicyclic) bond motifs is 2. The molecule has 3 aromatic rings. The normalized spacial score (nSPS) is 13.7. The molecule has 0 spiro atoms. The zero-order valence-corrected chi connectivity index (χ0v) is 13.6. The van der Waals surface area contributed by atoms with E-state index in [-0.39, 0.29) is 12.4 Å². The third kappa shape index (κ3) is 2.46. The fourth-order valence-corrected chi connectivity index (χ4v) is 3.73. The second-order valence-corrected chi connectivity index (χ2v) is 6.24. The molecule has 2 aromatic carbocycles. The number of amides is 1. The summed E-state index contributed by atoms with van der Waals surface area (Å²) in [4.78, 5) is 17.1. The summed E-state index contributed by atoms with van der Waals surface area (Å²) in [5, 5.41) is 0. The number of benzene rings is 2. The van der Waals surface area contributed by atoms with Crippen LogP contribution in [0.2, 0.25) is 0 Å². The number of rotatable bonds is 2. The van der Waals surface area contributed by atoms with Crippen molar-refractivity contribution in [3.63, 3.8) is 0 Å². The van der Waals surface area contributed by atoms with E-state index in [0.717, 1.165) is 10.2 Å². The molecule has 0 atom stereocenters. The highest BCUT2D eigenvalue weighted by Crippen LogP contribution is 2.36. The summed E-state index contributed by atoms with van der Waals surface area (Å²) >= 11 is 1.39. The van der Waals surface area contributed by atoms with Crippen molar-refractivity contribution in [1.82, 2.24) is 4.57 Å². The minimum absolute atomic E-state index is 0.216. The lowest BCUT2D eigenvalue weighted by Crippen LogP contribution is -2.15. The lowest BCUT2D eigenvalue weighted by Gasteiger charge is -2.01. The van der Waals surface area contributed by atoms with Gasteiger partial charge in [-0.2, -0.15) is 4.99 Å². The number of ether oxygens (including phenoxy) is 2. The molecule has 0 bridgehead atoms. The Hall–Kier alpha value is -2.67. The summed E-state index contributed by atoms with van der Waals surface area (Å²) in [6.45, 7) is 2.84. The maximum Gasteiger partial charge on any atom is 0.279 e. The van der Waals surface area contributed by atoms with Crippen molar-refractivity contribution in [2.45, 2.75) is 13.5 Å². The second-order valence-electron chi connectivity index (χ2n) is 5.23. The minimum Gasteiger partial charge on any atom is -0.454 e. The molecule has 0 saturated carbocycles. The lowest BCUT2D eigenvalue weighted by molar-refractivity contribution is 0.0997. The van der Waals surface area contributed by atoms with Crippen LogP contribution >= 0.6 is 11.3 Å². The van der Waals surface area contributed by atoms with Crippen molar-refractivity contribution >= 4 is 27.5 Å². The van der Waals surface area contributed by atoms with Gasteiger partial charge in [-0.1, -0.05) is 17.4 Å². The Bertz CT molecular complexity index is 1020. The van der Waals surface area contributed by atoms with E-state index >= 15 is 0 Å². The van der Waals surface area contributed by atoms with E-state index in [4.69, 9.17) is 9.47 Å². The smallest absolute Gasteiger partial charge is 0.279 e. The van der Waals surface area contributed by atoms with Gasteiger partial charge in [-0.05, 0) is 25.1 Å². The van der Waals surface area contributed by atoms with E-state index in [0.29, 0.717) is 22.8 Å². The first kappa shape index (κ1) is 14.9. The number of halogens is 1. The third-order valence-electron chi connectivity index (χ3n) is 3.76. The van der Waals surface area contributed by atoms with Gasteiger partial charge < -0.3 is 14.0 Å². The van der Waals surface area contributed by atoms with Gasteiger partial charge >= 0.3 is 0 Å². The predicted molar refractivity (Wildman–Crippen MR) is 87.9 cm³/mol. The lowest BCUT2D eigenvalue weighted by atomic mass is 10.2. The summed E-state index contributed by atoms with van der Waals surface area (Å²) in [6.07, 6.45) is 0. The first-order valence-corrected chi connectivity index (χ1v) is 8.25. The first-order valence-electron chi connectivity index (χ1n) is 7.43. The molecule has 0 aliphatic carbocycles. The zero-order valence-electron chi connectivity index (χ0n) is 12.8. The van der Waals surface area contributed by atoms with E-state index in [1.54, 1.807) is 6.07 Å². The van der Waals surface area contributed by atoms with Gasteiger partial charge in [0.25, 0.3) is 5.91 Å². The van der Waals surface area contributed by atoms with Gasteiger partial charge in [0, 0.05) is 24.2 Å². The van der Waals surface area contributed by atoms with Gasteiger partial charge in [-0.15, -0.1) is 0 Å². The number of aryl methyl sites for hydroxylation is 1. The van der Waals surface area contributed by atoms with E-state index in [1.165, 1.54) is 29.5 Å². The molecule has 0 radical (unpaired) electrons. The Morgan fingerprint density at radius 3 is 2.83 bits per heavy atom. The molecule has 0 N–H and O–H groups in total. The molecule has 122 valence electrons. The molecule has 1 aliphatic heterocycles. The van der Waals surface area contributed by atoms with Gasteiger partial charge in [-0.25, -0.2) is 4.39 Å². The molecule has 7 heteroatoms. The van der Waals surface area contributed by atoms with Crippen LogP contribution in [0, 0.1) is 5.82 Å². The Balaban J connectivity index is 1.85. The summed E-state index contributed by atoms with van der Waals surface area (Å²) in [7, 11) is 0. The Morgan fingerprint density at radius 1 is 1.29 bits per heavy atom. The molecule has 0 fully saturated rings. The Morgan fingerprint density at radius 2 is 2.08 bits per heavy atom. The minimum atomic E-state index is -0.469. The monoisotopic (exact) mass is 344 g/mol. The summed E-state index contributed by atoms with van der Waals surface area (Å²) in [6, 6.07) is 9.31. The quantitative estimate of drug-likeness (QED) is 0.716. The van der Waals surface area contributed by atoms with Crippen LogP contribution in [0.3, 0.4) is 0 Å². The molecular weight excluding hydrogens is 331 g/mol. The molecule has 4 rings (SSSR count). The second kappa shape index (κ2) is 5.76. The van der Waals surface area contributed by atoms with Crippen LogP contribution in [0.25, 0.3) is 10.2 Å². The molecule has 1 aliphatic rings. The average molecular weight is 344 g/mol. The highest BCUT2D eigenvalue weighted by molar-refractivity contribution is 7.16. The van der Waals surface area contributed by atoms with E-state index in [1.807, 2.05) is 23.6 Å². The van der Waals surface area contributed by atoms with Crippen LogP contribution in [-0.4, -0.2) is 17.3 Å². The standard InChI is InChI=1S/C17H13FN2O3S/c1-2-20-12-7-13-14(23-9-22-13)8-15(12)24-17(20)19-16(21)10-4-3-5-11(18)6-10/h3-8H,2,9H2,1H3. The number of carbonyl (C=O) groups is 1. The van der Waals surface area contributed by atoms with Gasteiger partial charge in [-0.3, -0.25) is 4.79 Å². The van der Waals surface area contributed by atoms with Crippen LogP contribution in [-0.2, 0) is 6.54 Å². The third-order valence-corrected chi connectivity index (χ3v) is 4.80. The fraction of sp³-hybridized carbons (Fsp3) is 0.176. The van der Waals surface area contributed by atoms with Gasteiger partial charge in [0.1, 0.15) is 5.82 Å². The van der Waals surface area contributed by atoms with Crippen LogP contribution in [0.5, 0.6) is 11.5 Å². The van der Waals surface area contributed by atoms with Gasteiger partial charge in [0.05, 0.1) is 10.2 Å². The maximum atomic E-state index is 13.3. The number of hydrogen-bond acceptors (Lipinski definition) is 4. The van der Waals surface area contributed by atoms with Crippen LogP contribution < -0.4 is 14.3 Å². The van der Waals surface area contributed by atoms with Crippen LogP contribution in [0.4, 0.5) is 4.39 Å². The summed E-state index contributed by atoms with van der Waals surface area (Å²) in [5.41, 5.74) is 1.15. The molecular formula is C17H13FN2O3S. The van der Waals surface area contributed by atoms with E-state index in [2.05, 4.69) is 4.99 Å². The van der Waals surface area contributed by atoms with E-state index in [9.17, 15) is 9.18 Å². The highest BCUT2D eigenvalue weighted by atomic mass is 32.1. The van der Waals surface area contributed by atoms with Crippen LogP contribution in [0.1, 0.15) is 17.3 Å². The van der Waals surface area contributed by atoms with Gasteiger partial charge in [0.15, 0.2) is 16.3 Å². The molecule has 1 aromatic heterocycles. The molecule has 1 amide bonds. The number of nitrogens with zero attached hydrogens (tertiary/aromatic N) is 2. The molecule has 0 unspecified atom stereocenters. The SMILES string of the molecule is CCn1c(=NC(=O)c2cccc(F)c2)sc2cc3c(cc21)OCO3. The van der Waals surface area contributed by atoms with Crippen molar-refractivity contribution in [3.05, 3.63) is 52.6 Å². The summed E-state index contributed by atoms with van der Waals surface area (Å²) < 4.78 is 27.0. The average Bonchev–Trinajstić information content (AvgIpc) is 3.15. The van der Waals surface area contributed by atoms with Gasteiger partial charge in [0.2, 0.25) is 6.79 Å². The molecule has 24 heavy (non-hydrogen) atoms. The molecule has 2 heterocycles. The van der Waals surface area contributed by atoms with Crippen molar-refractivity contribution in [2.24, 2.45) is 4.99 Å².